The molecule has 0 aromatic heterocycles. The molecule has 2 aromatic rings. The molecule has 2 rings (SSSR count). The monoisotopic (exact) mass is 464 g/mol. The summed E-state index contributed by atoms with van der Waals surface area (Å²) >= 11 is 6.05. The fraction of sp³-hybridized carbons (Fsp3) is 0.316. The summed E-state index contributed by atoms with van der Waals surface area (Å²) in [7, 11) is -2.96. The van der Waals surface area contributed by atoms with Crippen molar-refractivity contribution < 1.29 is 31.1 Å². The van der Waals surface area contributed by atoms with Gasteiger partial charge in [0.05, 0.1) is 27.8 Å². The number of halogens is 4. The van der Waals surface area contributed by atoms with E-state index in [2.05, 4.69) is 5.32 Å². The molecule has 0 saturated carbocycles. The first-order valence-corrected chi connectivity index (χ1v) is 10.5. The normalized spacial score (nSPS) is 13.0. The predicted molar refractivity (Wildman–Crippen MR) is 107 cm³/mol. The minimum atomic E-state index is -4.73. The summed E-state index contributed by atoms with van der Waals surface area (Å²) in [5, 5.41) is 2.28. The van der Waals surface area contributed by atoms with Crippen LogP contribution in [0.5, 0.6) is 0 Å². The highest BCUT2D eigenvalue weighted by molar-refractivity contribution is 7.92. The Kier molecular flexibility index (Phi) is 7.73. The first-order valence-electron chi connectivity index (χ1n) is 8.69. The molecule has 0 saturated heterocycles. The number of hydrogen-bond acceptors (Lipinski definition) is 4. The molecule has 0 spiro atoms. The van der Waals surface area contributed by atoms with Gasteiger partial charge in [-0.2, -0.15) is 13.2 Å². The number of nitrogens with one attached hydrogen (secondary N) is 1. The molecule has 0 aliphatic heterocycles. The number of methoxy groups -OCH3 is 1. The predicted octanol–water partition coefficient (Wildman–Crippen LogP) is 3.71. The molecule has 1 N–H and O–H groups in total. The number of nitrogens with zero attached hydrogens (tertiary/aromatic N) is 1. The standard InChI is InChI=1S/C19H20ClF3N2O4S/c1-13(12-29-2)24-18(26)11-25(30(27,28)15-6-4-3-5-7-15)17-10-14(19(21,22)23)8-9-16(17)20/h3-10,13H,11-12H2,1-2H3,(H,24,26)/t13-/m1/s1. The van der Waals surface area contributed by atoms with E-state index in [1.165, 1.54) is 31.4 Å². The van der Waals surface area contributed by atoms with Crippen LogP contribution in [0.4, 0.5) is 18.9 Å². The molecule has 0 unspecified atom stereocenters. The molecule has 1 amide bonds. The van der Waals surface area contributed by atoms with Gasteiger partial charge in [0.25, 0.3) is 10.0 Å². The van der Waals surface area contributed by atoms with Crippen LogP contribution >= 0.6 is 11.6 Å². The van der Waals surface area contributed by atoms with E-state index in [4.69, 9.17) is 16.3 Å². The van der Waals surface area contributed by atoms with Crippen molar-refractivity contribution in [3.05, 3.63) is 59.1 Å². The maximum atomic E-state index is 13.2. The van der Waals surface area contributed by atoms with E-state index >= 15 is 0 Å². The zero-order valence-electron chi connectivity index (χ0n) is 16.1. The van der Waals surface area contributed by atoms with Crippen molar-refractivity contribution in [3.8, 4) is 0 Å². The number of rotatable bonds is 8. The van der Waals surface area contributed by atoms with E-state index in [0.29, 0.717) is 10.4 Å². The molecule has 6 nitrogen and oxygen atoms in total. The van der Waals surface area contributed by atoms with Crippen LogP contribution in [0, 0.1) is 0 Å². The Morgan fingerprint density at radius 1 is 1.20 bits per heavy atom. The van der Waals surface area contributed by atoms with Crippen LogP contribution in [0.2, 0.25) is 5.02 Å². The van der Waals surface area contributed by atoms with Crippen molar-refractivity contribution in [1.82, 2.24) is 5.32 Å². The molecule has 1 atom stereocenters. The maximum Gasteiger partial charge on any atom is 0.416 e. The fourth-order valence-electron chi connectivity index (χ4n) is 2.64. The second kappa shape index (κ2) is 9.67. The third kappa shape index (κ3) is 5.87. The molecule has 11 heteroatoms. The minimum absolute atomic E-state index is 0.168. The third-order valence-electron chi connectivity index (χ3n) is 3.98. The third-order valence-corrected chi connectivity index (χ3v) is 6.08. The van der Waals surface area contributed by atoms with Gasteiger partial charge in [-0.05, 0) is 37.3 Å². The van der Waals surface area contributed by atoms with Crippen LogP contribution in [0.1, 0.15) is 12.5 Å². The van der Waals surface area contributed by atoms with Gasteiger partial charge in [0.1, 0.15) is 6.54 Å². The summed E-state index contributed by atoms with van der Waals surface area (Å²) in [6, 6.07) is 8.89. The van der Waals surface area contributed by atoms with Crippen LogP contribution in [-0.4, -0.2) is 40.6 Å². The second-order valence-electron chi connectivity index (χ2n) is 6.41. The van der Waals surface area contributed by atoms with Gasteiger partial charge in [0.15, 0.2) is 0 Å². The van der Waals surface area contributed by atoms with Crippen molar-refractivity contribution in [3.63, 3.8) is 0 Å². The lowest BCUT2D eigenvalue weighted by molar-refractivity contribution is -0.137. The Hall–Kier alpha value is -2.30. The molecular weight excluding hydrogens is 445 g/mol. The van der Waals surface area contributed by atoms with Gasteiger partial charge in [-0.15, -0.1) is 0 Å². The van der Waals surface area contributed by atoms with Gasteiger partial charge in [0.2, 0.25) is 5.91 Å². The molecule has 0 fully saturated rings. The molecule has 2 aromatic carbocycles. The van der Waals surface area contributed by atoms with Crippen LogP contribution < -0.4 is 9.62 Å². The number of anilines is 1. The van der Waals surface area contributed by atoms with Crippen molar-refractivity contribution in [2.24, 2.45) is 0 Å². The molecule has 30 heavy (non-hydrogen) atoms. The van der Waals surface area contributed by atoms with Crippen LogP contribution in [0.3, 0.4) is 0 Å². The zero-order chi connectivity index (χ0) is 22.5. The molecule has 0 bridgehead atoms. The van der Waals surface area contributed by atoms with Gasteiger partial charge in [0, 0.05) is 13.2 Å². The lowest BCUT2D eigenvalue weighted by atomic mass is 10.2. The van der Waals surface area contributed by atoms with Crippen LogP contribution in [0.15, 0.2) is 53.4 Å². The number of carbonyl (C=O) groups is 1. The first kappa shape index (κ1) is 24.0. The number of amides is 1. The highest BCUT2D eigenvalue weighted by Gasteiger charge is 2.34. The van der Waals surface area contributed by atoms with Crippen molar-refractivity contribution in [2.45, 2.75) is 24.0 Å². The van der Waals surface area contributed by atoms with Crippen molar-refractivity contribution in [2.75, 3.05) is 24.6 Å². The van der Waals surface area contributed by atoms with E-state index in [-0.39, 0.29) is 16.5 Å². The topological polar surface area (TPSA) is 75.7 Å². The molecule has 0 radical (unpaired) electrons. The highest BCUT2D eigenvalue weighted by atomic mass is 35.5. The van der Waals surface area contributed by atoms with E-state index in [1.807, 2.05) is 0 Å². The molecule has 0 heterocycles. The maximum absolute atomic E-state index is 13.2. The van der Waals surface area contributed by atoms with Crippen LogP contribution in [-0.2, 0) is 25.7 Å². The molecule has 164 valence electrons. The van der Waals surface area contributed by atoms with Crippen LogP contribution in [0.25, 0.3) is 0 Å². The summed E-state index contributed by atoms with van der Waals surface area (Å²) in [5.41, 5.74) is -1.55. The van der Waals surface area contributed by atoms with Gasteiger partial charge in [-0.1, -0.05) is 29.8 Å². The average molecular weight is 465 g/mol. The Bertz CT molecular complexity index is 985. The quantitative estimate of drug-likeness (QED) is 0.646. The van der Waals surface area contributed by atoms with Gasteiger partial charge < -0.3 is 10.1 Å². The fourth-order valence-corrected chi connectivity index (χ4v) is 4.36. The number of carbonyl (C=O) groups excluding carboxylic acids is 1. The van der Waals surface area contributed by atoms with E-state index in [1.54, 1.807) is 13.0 Å². The molecular formula is C19H20ClF3N2O4S. The minimum Gasteiger partial charge on any atom is -0.383 e. The number of ether oxygens (including phenoxy) is 1. The van der Waals surface area contributed by atoms with Gasteiger partial charge in [-0.3, -0.25) is 9.10 Å². The lowest BCUT2D eigenvalue weighted by Crippen LogP contribution is -2.44. The summed E-state index contributed by atoms with van der Waals surface area (Å²) in [4.78, 5) is 12.2. The Morgan fingerprint density at radius 3 is 2.40 bits per heavy atom. The summed E-state index contributed by atoms with van der Waals surface area (Å²) in [6.45, 7) is 1.03. The Labute approximate surface area is 177 Å². The van der Waals surface area contributed by atoms with E-state index in [9.17, 15) is 26.4 Å². The summed E-state index contributed by atoms with van der Waals surface area (Å²) < 4.78 is 71.4. The van der Waals surface area contributed by atoms with Crippen molar-refractivity contribution in [1.29, 1.82) is 0 Å². The summed E-state index contributed by atoms with van der Waals surface area (Å²) in [5.74, 6) is -0.729. The Balaban J connectivity index is 2.54. The molecule has 0 aliphatic carbocycles. The lowest BCUT2D eigenvalue weighted by Gasteiger charge is -2.26. The largest absolute Gasteiger partial charge is 0.416 e. The van der Waals surface area contributed by atoms with Gasteiger partial charge in [-0.25, -0.2) is 8.42 Å². The highest BCUT2D eigenvalue weighted by Crippen LogP contribution is 2.37. The first-order chi connectivity index (χ1) is 14.0. The number of hydrogen-bond donors (Lipinski definition) is 1. The number of benzene rings is 2. The van der Waals surface area contributed by atoms with E-state index in [0.717, 1.165) is 12.1 Å². The van der Waals surface area contributed by atoms with Gasteiger partial charge >= 0.3 is 6.18 Å². The number of alkyl halides is 3. The summed E-state index contributed by atoms with van der Waals surface area (Å²) in [6.07, 6.45) is -4.73. The smallest absolute Gasteiger partial charge is 0.383 e. The Morgan fingerprint density at radius 2 is 1.83 bits per heavy atom. The molecule has 0 aliphatic rings. The number of sulfonamides is 1. The average Bonchev–Trinajstić information content (AvgIpc) is 2.66. The van der Waals surface area contributed by atoms with Crippen molar-refractivity contribution >= 4 is 33.2 Å². The SMILES string of the molecule is COC[C@@H](C)NC(=O)CN(c1cc(C(F)(F)F)ccc1Cl)S(=O)(=O)c1ccccc1. The zero-order valence-corrected chi connectivity index (χ0v) is 17.7. The second-order valence-corrected chi connectivity index (χ2v) is 8.68. The van der Waals surface area contributed by atoms with E-state index < -0.39 is 45.9 Å².